The van der Waals surface area contributed by atoms with Crippen molar-refractivity contribution in [3.8, 4) is 0 Å². The number of benzene rings is 2. The molecule has 0 atom stereocenters. The molecule has 106 valence electrons. The van der Waals surface area contributed by atoms with Crippen LogP contribution in [0.25, 0.3) is 0 Å². The van der Waals surface area contributed by atoms with Gasteiger partial charge in [-0.25, -0.2) is 8.42 Å². The van der Waals surface area contributed by atoms with Crippen molar-refractivity contribution in [2.75, 3.05) is 4.72 Å². The predicted molar refractivity (Wildman–Crippen MR) is 82.1 cm³/mol. The van der Waals surface area contributed by atoms with Crippen LogP contribution in [0.2, 0.25) is 0 Å². The molecular formula is C14H14BrNO3S. The molecule has 0 aromatic heterocycles. The van der Waals surface area contributed by atoms with Crippen molar-refractivity contribution < 1.29 is 13.5 Å². The minimum atomic E-state index is -3.64. The summed E-state index contributed by atoms with van der Waals surface area (Å²) >= 11 is 3.27. The zero-order valence-electron chi connectivity index (χ0n) is 10.8. The number of halogens is 1. The third-order valence-electron chi connectivity index (χ3n) is 2.77. The van der Waals surface area contributed by atoms with Gasteiger partial charge in [-0.05, 0) is 58.2 Å². The number of aliphatic hydroxyl groups excluding tert-OH is 1. The van der Waals surface area contributed by atoms with Gasteiger partial charge in [-0.1, -0.05) is 18.2 Å². The topological polar surface area (TPSA) is 66.4 Å². The summed E-state index contributed by atoms with van der Waals surface area (Å²) in [6, 6.07) is 11.6. The lowest BCUT2D eigenvalue weighted by atomic mass is 10.2. The van der Waals surface area contributed by atoms with E-state index in [1.807, 2.05) is 6.92 Å². The van der Waals surface area contributed by atoms with E-state index in [0.717, 1.165) is 11.1 Å². The normalized spacial score (nSPS) is 11.3. The fraction of sp³-hybridized carbons (Fsp3) is 0.143. The first-order chi connectivity index (χ1) is 9.42. The van der Waals surface area contributed by atoms with Crippen molar-refractivity contribution >= 4 is 31.6 Å². The number of hydrogen-bond acceptors (Lipinski definition) is 3. The van der Waals surface area contributed by atoms with Gasteiger partial charge >= 0.3 is 0 Å². The van der Waals surface area contributed by atoms with Crippen molar-refractivity contribution in [3.63, 3.8) is 0 Å². The predicted octanol–water partition coefficient (Wildman–Crippen LogP) is 3.05. The first-order valence-corrected chi connectivity index (χ1v) is 8.19. The Bertz CT molecular complexity index is 712. The van der Waals surface area contributed by atoms with E-state index in [0.29, 0.717) is 10.2 Å². The largest absolute Gasteiger partial charge is 0.392 e. The molecule has 0 saturated heterocycles. The maximum absolute atomic E-state index is 12.3. The molecule has 2 rings (SSSR count). The smallest absolute Gasteiger partial charge is 0.263 e. The van der Waals surface area contributed by atoms with E-state index in [1.165, 1.54) is 0 Å². The van der Waals surface area contributed by atoms with Crippen LogP contribution in [0.3, 0.4) is 0 Å². The summed E-state index contributed by atoms with van der Waals surface area (Å²) in [6.45, 7) is 1.82. The van der Waals surface area contributed by atoms with E-state index < -0.39 is 10.0 Å². The summed E-state index contributed by atoms with van der Waals surface area (Å²) < 4.78 is 27.6. The zero-order valence-corrected chi connectivity index (χ0v) is 13.2. The van der Waals surface area contributed by atoms with Crippen LogP contribution in [0.4, 0.5) is 5.69 Å². The van der Waals surface area contributed by atoms with E-state index in [1.54, 1.807) is 42.5 Å². The second-order valence-electron chi connectivity index (χ2n) is 4.39. The first-order valence-electron chi connectivity index (χ1n) is 5.91. The molecule has 0 aliphatic rings. The summed E-state index contributed by atoms with van der Waals surface area (Å²) in [7, 11) is -3.64. The Balaban J connectivity index is 2.30. The lowest BCUT2D eigenvalue weighted by Gasteiger charge is -2.10. The number of aliphatic hydroxyl groups is 1. The van der Waals surface area contributed by atoms with Crippen molar-refractivity contribution in [3.05, 3.63) is 58.1 Å². The van der Waals surface area contributed by atoms with Crippen LogP contribution in [0.1, 0.15) is 11.1 Å². The molecule has 2 aromatic rings. The van der Waals surface area contributed by atoms with Gasteiger partial charge in [0.1, 0.15) is 4.90 Å². The van der Waals surface area contributed by atoms with Gasteiger partial charge in [0.15, 0.2) is 0 Å². The lowest BCUT2D eigenvalue weighted by Crippen LogP contribution is -2.13. The average Bonchev–Trinajstić information content (AvgIpc) is 2.38. The Labute approximate surface area is 126 Å². The number of sulfonamides is 1. The quantitative estimate of drug-likeness (QED) is 0.885. The molecule has 0 spiro atoms. The highest BCUT2D eigenvalue weighted by molar-refractivity contribution is 9.10. The van der Waals surface area contributed by atoms with E-state index in [4.69, 9.17) is 5.11 Å². The minimum Gasteiger partial charge on any atom is -0.392 e. The standard InChI is InChI=1S/C14H14BrNO3S/c1-10-2-7-14(13(15)8-10)20(18,19)16-12-5-3-11(9-17)4-6-12/h2-8,16-17H,9H2,1H3. The Kier molecular flexibility index (Phi) is 4.47. The molecule has 20 heavy (non-hydrogen) atoms. The van der Waals surface area contributed by atoms with Crippen LogP contribution in [-0.4, -0.2) is 13.5 Å². The average molecular weight is 356 g/mol. The van der Waals surface area contributed by atoms with Crippen molar-refractivity contribution in [1.82, 2.24) is 0 Å². The molecule has 0 radical (unpaired) electrons. The minimum absolute atomic E-state index is 0.0729. The van der Waals surface area contributed by atoms with Gasteiger partial charge in [0, 0.05) is 10.2 Å². The van der Waals surface area contributed by atoms with E-state index >= 15 is 0 Å². The maximum Gasteiger partial charge on any atom is 0.263 e. The number of nitrogens with one attached hydrogen (secondary N) is 1. The van der Waals surface area contributed by atoms with Gasteiger partial charge in [-0.15, -0.1) is 0 Å². The molecule has 6 heteroatoms. The summed E-state index contributed by atoms with van der Waals surface area (Å²) in [4.78, 5) is 0.189. The highest BCUT2D eigenvalue weighted by atomic mass is 79.9. The Hall–Kier alpha value is -1.37. The molecule has 2 aromatic carbocycles. The van der Waals surface area contributed by atoms with Gasteiger partial charge in [0.2, 0.25) is 0 Å². The molecule has 0 aliphatic carbocycles. The van der Waals surface area contributed by atoms with Gasteiger partial charge in [-0.3, -0.25) is 4.72 Å². The van der Waals surface area contributed by atoms with Crippen LogP contribution < -0.4 is 4.72 Å². The van der Waals surface area contributed by atoms with Gasteiger partial charge in [-0.2, -0.15) is 0 Å². The maximum atomic E-state index is 12.3. The summed E-state index contributed by atoms with van der Waals surface area (Å²) in [5, 5.41) is 8.96. The van der Waals surface area contributed by atoms with E-state index in [9.17, 15) is 8.42 Å². The Morgan fingerprint density at radius 1 is 1.15 bits per heavy atom. The van der Waals surface area contributed by atoms with Crippen LogP contribution in [0, 0.1) is 6.92 Å². The summed E-state index contributed by atoms with van der Waals surface area (Å²) in [5.41, 5.74) is 2.15. The number of rotatable bonds is 4. The molecule has 0 fully saturated rings. The zero-order chi connectivity index (χ0) is 14.8. The highest BCUT2D eigenvalue weighted by Crippen LogP contribution is 2.25. The second kappa shape index (κ2) is 5.95. The Morgan fingerprint density at radius 2 is 1.80 bits per heavy atom. The molecule has 0 bridgehead atoms. The number of aryl methyl sites for hydroxylation is 1. The van der Waals surface area contributed by atoms with Crippen molar-refractivity contribution in [2.24, 2.45) is 0 Å². The molecule has 4 nitrogen and oxygen atoms in total. The van der Waals surface area contributed by atoms with Crippen LogP contribution >= 0.6 is 15.9 Å². The molecule has 0 amide bonds. The monoisotopic (exact) mass is 355 g/mol. The second-order valence-corrected chi connectivity index (χ2v) is 6.90. The van der Waals surface area contributed by atoms with Crippen molar-refractivity contribution in [1.29, 1.82) is 0 Å². The van der Waals surface area contributed by atoms with Gasteiger partial charge in [0.05, 0.1) is 6.61 Å². The molecule has 0 aliphatic heterocycles. The summed E-state index contributed by atoms with van der Waals surface area (Å²) in [6.07, 6.45) is 0. The van der Waals surface area contributed by atoms with Crippen LogP contribution in [0.15, 0.2) is 51.8 Å². The van der Waals surface area contributed by atoms with Crippen LogP contribution in [0.5, 0.6) is 0 Å². The van der Waals surface area contributed by atoms with Crippen molar-refractivity contribution in [2.45, 2.75) is 18.4 Å². The van der Waals surface area contributed by atoms with Gasteiger partial charge < -0.3 is 5.11 Å². The summed E-state index contributed by atoms with van der Waals surface area (Å²) in [5.74, 6) is 0. The Morgan fingerprint density at radius 3 is 2.35 bits per heavy atom. The molecule has 0 unspecified atom stereocenters. The van der Waals surface area contributed by atoms with Gasteiger partial charge in [0.25, 0.3) is 10.0 Å². The number of anilines is 1. The van der Waals surface area contributed by atoms with E-state index in [2.05, 4.69) is 20.7 Å². The molecular weight excluding hydrogens is 342 g/mol. The fourth-order valence-electron chi connectivity index (χ4n) is 1.71. The number of hydrogen-bond donors (Lipinski definition) is 2. The molecule has 0 heterocycles. The lowest BCUT2D eigenvalue weighted by molar-refractivity contribution is 0.282. The highest BCUT2D eigenvalue weighted by Gasteiger charge is 2.17. The van der Waals surface area contributed by atoms with Crippen LogP contribution in [-0.2, 0) is 16.6 Å². The third-order valence-corrected chi connectivity index (χ3v) is 5.12. The SMILES string of the molecule is Cc1ccc(S(=O)(=O)Nc2ccc(CO)cc2)c(Br)c1. The molecule has 2 N–H and O–H groups in total. The fourth-order valence-corrected chi connectivity index (χ4v) is 3.96. The molecule has 0 saturated carbocycles. The van der Waals surface area contributed by atoms with E-state index in [-0.39, 0.29) is 11.5 Å². The third kappa shape index (κ3) is 3.39. The first kappa shape index (κ1) is 15.0.